The van der Waals surface area contributed by atoms with Gasteiger partial charge in [-0.25, -0.2) is 9.78 Å². The second-order valence-corrected chi connectivity index (χ2v) is 28.1. The smallest absolute Gasteiger partial charge is 0.338 e. The van der Waals surface area contributed by atoms with E-state index in [1.165, 1.54) is 7.11 Å². The van der Waals surface area contributed by atoms with Crippen molar-refractivity contribution in [2.24, 2.45) is 0 Å². The third-order valence-electron chi connectivity index (χ3n) is 10.3. The van der Waals surface area contributed by atoms with Gasteiger partial charge in [0, 0.05) is 65.3 Å². The predicted molar refractivity (Wildman–Crippen MR) is 226 cm³/mol. The average molecular weight is 788 g/mol. The van der Waals surface area contributed by atoms with E-state index in [1.807, 2.05) is 48.1 Å². The maximum Gasteiger partial charge on any atom is 0.338 e. The number of ether oxygens (including phenoxy) is 5. The van der Waals surface area contributed by atoms with Crippen LogP contribution in [0.1, 0.15) is 49.8 Å². The van der Waals surface area contributed by atoms with Crippen LogP contribution in [0.15, 0.2) is 61.4 Å². The number of esters is 1. The number of nitrogens with zero attached hydrogens (tertiary/aromatic N) is 5. The maximum atomic E-state index is 13.0. The van der Waals surface area contributed by atoms with Gasteiger partial charge < -0.3 is 28.6 Å². The molecule has 3 aromatic heterocycles. The summed E-state index contributed by atoms with van der Waals surface area (Å²) in [4.78, 5) is 25.3. The van der Waals surface area contributed by atoms with Crippen LogP contribution < -0.4 is 4.90 Å². The molecule has 0 amide bonds. The maximum absolute atomic E-state index is 13.0. The number of methoxy groups -OCH3 is 2. The Kier molecular flexibility index (Phi) is 14.1. The molecule has 0 unspecified atom stereocenters. The van der Waals surface area contributed by atoms with E-state index in [4.69, 9.17) is 38.8 Å². The van der Waals surface area contributed by atoms with E-state index in [-0.39, 0.29) is 25.3 Å². The van der Waals surface area contributed by atoms with E-state index in [0.717, 1.165) is 51.5 Å². The fraction of sp³-hybridized carbons (Fsp3) is 0.524. The summed E-state index contributed by atoms with van der Waals surface area (Å²) in [6, 6.07) is 16.3. The van der Waals surface area contributed by atoms with Crippen LogP contribution in [-0.4, -0.2) is 94.8 Å². The molecule has 11 nitrogen and oxygen atoms in total. The quantitative estimate of drug-likeness (QED) is 0.0300. The average Bonchev–Trinajstić information content (AvgIpc) is 3.60. The lowest BCUT2D eigenvalue weighted by molar-refractivity contribution is -0.170. The Morgan fingerprint density at radius 3 is 2.07 bits per heavy atom. The van der Waals surface area contributed by atoms with Gasteiger partial charge in [0.05, 0.1) is 36.9 Å². The molecule has 1 fully saturated rings. The predicted octanol–water partition coefficient (Wildman–Crippen LogP) is 9.11. The summed E-state index contributed by atoms with van der Waals surface area (Å²) in [6.45, 7) is 22.8. The minimum absolute atomic E-state index is 0.0345. The van der Waals surface area contributed by atoms with Crippen molar-refractivity contribution in [3.05, 3.63) is 72.7 Å². The van der Waals surface area contributed by atoms with E-state index in [9.17, 15) is 4.79 Å². The molecule has 1 aliphatic rings. The van der Waals surface area contributed by atoms with Gasteiger partial charge in [-0.2, -0.15) is 9.61 Å². The first kappa shape index (κ1) is 42.3. The van der Waals surface area contributed by atoms with Crippen molar-refractivity contribution in [3.63, 3.8) is 0 Å². The molecular weight excluding hydrogens is 727 g/mol. The summed E-state index contributed by atoms with van der Waals surface area (Å²) in [6.07, 6.45) is 6.01. The summed E-state index contributed by atoms with van der Waals surface area (Å²) < 4.78 is 32.0. The van der Waals surface area contributed by atoms with Crippen LogP contribution in [0.4, 0.5) is 5.82 Å². The summed E-state index contributed by atoms with van der Waals surface area (Å²) in [5.41, 5.74) is 4.95. The normalized spacial score (nSPS) is 17.7. The highest BCUT2D eigenvalue weighted by Crippen LogP contribution is 2.45. The number of hydrogen-bond donors (Lipinski definition) is 0. The Morgan fingerprint density at radius 2 is 1.55 bits per heavy atom. The van der Waals surface area contributed by atoms with Gasteiger partial charge in [0.1, 0.15) is 25.0 Å². The molecule has 55 heavy (non-hydrogen) atoms. The summed E-state index contributed by atoms with van der Waals surface area (Å²) in [5, 5.41) is 5.00. The molecule has 0 radical (unpaired) electrons. The zero-order valence-corrected chi connectivity index (χ0v) is 36.4. The molecular formula is C42H61N5O6Si2. The zero-order valence-electron chi connectivity index (χ0n) is 34.4. The van der Waals surface area contributed by atoms with Crippen LogP contribution in [0.3, 0.4) is 0 Å². The van der Waals surface area contributed by atoms with Gasteiger partial charge in [-0.3, -0.25) is 4.98 Å². The summed E-state index contributed by atoms with van der Waals surface area (Å²) >= 11 is 0. The Hall–Kier alpha value is -3.89. The first-order chi connectivity index (χ1) is 26.2. The van der Waals surface area contributed by atoms with Crippen molar-refractivity contribution in [1.82, 2.24) is 19.6 Å². The van der Waals surface area contributed by atoms with Gasteiger partial charge in [0.2, 0.25) is 0 Å². The van der Waals surface area contributed by atoms with E-state index in [0.29, 0.717) is 56.9 Å². The Balaban J connectivity index is 1.67. The standard InChI is InChI=1S/C42H61N5O6Si2/c1-11-53-31(2)37-38(33-19-21-42(50-4,22-20-33)41(48)49-3)45-39-35(34-17-18-36(43-27-34)32-15-13-12-14-16-32)28-44-47(39)40(37)46(29-51-23-25-54(5,6)7)30-52-24-26-55(8,9)10/h12-18,27-28,33H,2,11,19-26,29-30H2,1,3-10H3. The summed E-state index contributed by atoms with van der Waals surface area (Å²) in [5.74, 6) is 0.862. The molecule has 0 aliphatic heterocycles. The molecule has 1 saturated carbocycles. The molecule has 0 spiro atoms. The van der Waals surface area contributed by atoms with Crippen molar-refractivity contribution in [1.29, 1.82) is 0 Å². The number of rotatable bonds is 19. The molecule has 298 valence electrons. The lowest BCUT2D eigenvalue weighted by Gasteiger charge is -2.37. The van der Waals surface area contributed by atoms with E-state index in [1.54, 1.807) is 7.11 Å². The second-order valence-electron chi connectivity index (χ2n) is 16.8. The fourth-order valence-corrected chi connectivity index (χ4v) is 8.45. The molecule has 13 heteroatoms. The van der Waals surface area contributed by atoms with Crippen LogP contribution in [0, 0.1) is 0 Å². The van der Waals surface area contributed by atoms with Gasteiger partial charge in [0.15, 0.2) is 11.2 Å². The van der Waals surface area contributed by atoms with Crippen molar-refractivity contribution in [3.8, 4) is 22.4 Å². The third-order valence-corrected chi connectivity index (χ3v) is 13.7. The molecule has 4 aromatic rings. The minimum atomic E-state index is -1.34. The molecule has 5 rings (SSSR count). The van der Waals surface area contributed by atoms with E-state index >= 15 is 0 Å². The van der Waals surface area contributed by atoms with E-state index in [2.05, 4.69) is 69.0 Å². The zero-order chi connectivity index (χ0) is 39.8. The van der Waals surface area contributed by atoms with Gasteiger partial charge in [-0.05, 0) is 50.8 Å². The van der Waals surface area contributed by atoms with Gasteiger partial charge >= 0.3 is 5.97 Å². The molecule has 1 aromatic carbocycles. The first-order valence-electron chi connectivity index (χ1n) is 19.5. The van der Waals surface area contributed by atoms with Gasteiger partial charge in [0.25, 0.3) is 0 Å². The van der Waals surface area contributed by atoms with Crippen LogP contribution in [0.25, 0.3) is 33.8 Å². The number of aromatic nitrogens is 4. The molecule has 0 bridgehead atoms. The third kappa shape index (κ3) is 10.5. The summed E-state index contributed by atoms with van der Waals surface area (Å²) in [7, 11) is 0.311. The Morgan fingerprint density at radius 1 is 0.909 bits per heavy atom. The van der Waals surface area contributed by atoms with Gasteiger partial charge in [-0.15, -0.1) is 0 Å². The number of anilines is 1. The fourth-order valence-electron chi connectivity index (χ4n) is 6.93. The Labute approximate surface area is 329 Å². The van der Waals surface area contributed by atoms with Gasteiger partial charge in [-0.1, -0.05) is 82.3 Å². The van der Waals surface area contributed by atoms with Crippen LogP contribution in [-0.2, 0) is 28.5 Å². The van der Waals surface area contributed by atoms with E-state index < -0.39 is 21.7 Å². The van der Waals surface area contributed by atoms with Crippen molar-refractivity contribution < 1.29 is 28.5 Å². The molecule has 0 N–H and O–H groups in total. The highest BCUT2D eigenvalue weighted by atomic mass is 28.3. The Bertz CT molecular complexity index is 1860. The van der Waals surface area contributed by atoms with Crippen LogP contribution in [0.5, 0.6) is 0 Å². The lowest BCUT2D eigenvalue weighted by Crippen LogP contribution is -2.44. The number of benzene rings is 1. The number of pyridine rings is 1. The number of carbonyl (C=O) groups excluding carboxylic acids is 1. The monoisotopic (exact) mass is 787 g/mol. The number of fused-ring (bicyclic) bond motifs is 1. The number of hydrogen-bond acceptors (Lipinski definition) is 10. The SMILES string of the molecule is C=C(OCC)c1c(C2CCC(OC)(C(=O)OC)CC2)nc2c(-c3ccc(-c4ccccc4)nc3)cnn2c1N(COCC[Si](C)(C)C)COCC[Si](C)(C)C. The molecule has 0 saturated heterocycles. The van der Waals surface area contributed by atoms with Crippen molar-refractivity contribution in [2.75, 3.05) is 52.4 Å². The highest BCUT2D eigenvalue weighted by Gasteiger charge is 2.45. The van der Waals surface area contributed by atoms with Crippen molar-refractivity contribution in [2.45, 2.75) is 95.5 Å². The highest BCUT2D eigenvalue weighted by molar-refractivity contribution is 6.76. The number of carbonyl (C=O) groups is 1. The van der Waals surface area contributed by atoms with Crippen LogP contribution >= 0.6 is 0 Å². The first-order valence-corrected chi connectivity index (χ1v) is 26.9. The minimum Gasteiger partial charge on any atom is -0.494 e. The van der Waals surface area contributed by atoms with Crippen LogP contribution in [0.2, 0.25) is 51.4 Å². The topological polar surface area (TPSA) is 110 Å². The molecule has 0 atom stereocenters. The molecule has 1 aliphatic carbocycles. The second kappa shape index (κ2) is 18.4. The lowest BCUT2D eigenvalue weighted by atomic mass is 9.76. The molecule has 3 heterocycles. The largest absolute Gasteiger partial charge is 0.494 e. The van der Waals surface area contributed by atoms with Crippen molar-refractivity contribution >= 4 is 39.3 Å².